The van der Waals surface area contributed by atoms with Gasteiger partial charge in [0, 0.05) is 49.5 Å². The highest BCUT2D eigenvalue weighted by Gasteiger charge is 2.22. The molecule has 3 aromatic carbocycles. The molecule has 0 unspecified atom stereocenters. The first-order chi connectivity index (χ1) is 20.2. The molecule has 0 saturated carbocycles. The summed E-state index contributed by atoms with van der Waals surface area (Å²) in [6.07, 6.45) is 0.590. The first kappa shape index (κ1) is 31.6. The molecule has 0 atom stereocenters. The van der Waals surface area contributed by atoms with Gasteiger partial charge in [-0.25, -0.2) is 31.9 Å². The Morgan fingerprint density at radius 1 is 0.814 bits per heavy atom. The second-order valence-electron chi connectivity index (χ2n) is 9.96. The van der Waals surface area contributed by atoms with Gasteiger partial charge in [-0.2, -0.15) is 0 Å². The first-order valence-electron chi connectivity index (χ1n) is 13.3. The number of anilines is 2. The molecule has 7 N–H and O–H groups in total. The maximum atomic E-state index is 13.0. The van der Waals surface area contributed by atoms with Crippen LogP contribution >= 0.6 is 0 Å². The zero-order valence-corrected chi connectivity index (χ0v) is 25.0. The Morgan fingerprint density at radius 2 is 1.42 bits per heavy atom. The Kier molecular flexibility index (Phi) is 9.49. The lowest BCUT2D eigenvalue weighted by Crippen LogP contribution is -2.50. The van der Waals surface area contributed by atoms with E-state index in [1.54, 1.807) is 29.2 Å². The molecule has 3 aromatic rings. The number of benzene rings is 3. The average Bonchev–Trinajstić information content (AvgIpc) is 2.96. The van der Waals surface area contributed by atoms with Gasteiger partial charge in [-0.05, 0) is 60.0 Å². The van der Waals surface area contributed by atoms with Crippen molar-refractivity contribution in [2.75, 3.05) is 36.8 Å². The van der Waals surface area contributed by atoms with Crippen molar-refractivity contribution >= 4 is 49.2 Å². The molecule has 0 spiro atoms. The second-order valence-corrected chi connectivity index (χ2v) is 13.1. The van der Waals surface area contributed by atoms with Crippen LogP contribution in [0.2, 0.25) is 0 Å². The molecule has 1 saturated heterocycles. The van der Waals surface area contributed by atoms with Crippen molar-refractivity contribution in [3.8, 4) is 0 Å². The van der Waals surface area contributed by atoms with Crippen LogP contribution in [0.3, 0.4) is 0 Å². The van der Waals surface area contributed by atoms with E-state index in [0.29, 0.717) is 60.7 Å². The number of nitrogens with one attached hydrogen (secondary N) is 3. The Labute approximate surface area is 250 Å². The Bertz CT molecular complexity index is 1750. The number of nitrogens with zero attached hydrogens (tertiary/aromatic N) is 2. The van der Waals surface area contributed by atoms with Gasteiger partial charge in [-0.1, -0.05) is 31.2 Å². The third-order valence-corrected chi connectivity index (χ3v) is 8.79. The number of carbonyl (C=O) groups excluding carboxylic acids is 2. The number of hydrogen-bond acceptors (Lipinski definition) is 7. The van der Waals surface area contributed by atoms with Crippen molar-refractivity contribution in [2.45, 2.75) is 29.6 Å². The fourth-order valence-corrected chi connectivity index (χ4v) is 5.73. The minimum Gasteiger partial charge on any atom is -0.353 e. The van der Waals surface area contributed by atoms with Crippen LogP contribution in [0.25, 0.3) is 0 Å². The second kappa shape index (κ2) is 12.9. The van der Waals surface area contributed by atoms with E-state index in [-0.39, 0.29) is 28.0 Å². The van der Waals surface area contributed by atoms with Gasteiger partial charge >= 0.3 is 6.03 Å². The predicted octanol–water partition coefficient (Wildman–Crippen LogP) is 2.10. The Morgan fingerprint density at radius 3 is 2.02 bits per heavy atom. The third kappa shape index (κ3) is 8.16. The summed E-state index contributed by atoms with van der Waals surface area (Å²) in [4.78, 5) is 28.4. The molecule has 228 valence electrons. The van der Waals surface area contributed by atoms with E-state index >= 15 is 0 Å². The number of carbonyl (C=O) groups is 2. The molecule has 13 nitrogen and oxygen atoms in total. The van der Waals surface area contributed by atoms with E-state index in [4.69, 9.17) is 15.7 Å². The molecule has 3 amide bonds. The predicted molar refractivity (Wildman–Crippen MR) is 163 cm³/mol. The van der Waals surface area contributed by atoms with Gasteiger partial charge in [0.25, 0.3) is 0 Å². The molecular weight excluding hydrogens is 594 g/mol. The number of amidine groups is 1. The van der Waals surface area contributed by atoms with Crippen LogP contribution in [0.5, 0.6) is 0 Å². The molecule has 1 aliphatic heterocycles. The molecule has 0 aliphatic carbocycles. The smallest absolute Gasteiger partial charge is 0.323 e. The summed E-state index contributed by atoms with van der Waals surface area (Å²) in [5.74, 6) is 0.368. The molecule has 43 heavy (non-hydrogen) atoms. The van der Waals surface area contributed by atoms with Gasteiger partial charge in [-0.3, -0.25) is 10.2 Å². The van der Waals surface area contributed by atoms with Crippen LogP contribution in [0.1, 0.15) is 30.0 Å². The molecule has 1 heterocycles. The highest BCUT2D eigenvalue weighted by atomic mass is 32.2. The van der Waals surface area contributed by atoms with Crippen LogP contribution in [0.15, 0.2) is 76.5 Å². The summed E-state index contributed by atoms with van der Waals surface area (Å²) in [6, 6.07) is 16.0. The summed E-state index contributed by atoms with van der Waals surface area (Å²) >= 11 is 0. The fourth-order valence-electron chi connectivity index (χ4n) is 4.65. The molecule has 0 bridgehead atoms. The average molecular weight is 628 g/mol. The van der Waals surface area contributed by atoms with Gasteiger partial charge in [0.2, 0.25) is 26.0 Å². The monoisotopic (exact) mass is 627 g/mol. The van der Waals surface area contributed by atoms with E-state index in [2.05, 4.69) is 10.6 Å². The maximum Gasteiger partial charge on any atom is 0.323 e. The van der Waals surface area contributed by atoms with E-state index < -0.39 is 26.1 Å². The lowest BCUT2D eigenvalue weighted by Gasteiger charge is -2.36. The van der Waals surface area contributed by atoms with Crippen molar-refractivity contribution in [3.05, 3.63) is 83.4 Å². The topological polar surface area (TPSA) is 209 Å². The van der Waals surface area contributed by atoms with Gasteiger partial charge in [-0.15, -0.1) is 0 Å². The summed E-state index contributed by atoms with van der Waals surface area (Å²) in [7, 11) is -7.92. The highest BCUT2D eigenvalue weighted by Crippen LogP contribution is 2.24. The molecule has 0 radical (unpaired) electrons. The van der Waals surface area contributed by atoms with E-state index in [1.807, 2.05) is 11.8 Å². The summed E-state index contributed by atoms with van der Waals surface area (Å²) in [5, 5.41) is 24.6. The lowest BCUT2D eigenvalue weighted by molar-refractivity contribution is -0.132. The van der Waals surface area contributed by atoms with Crippen molar-refractivity contribution in [3.63, 3.8) is 0 Å². The Hall–Kier alpha value is -4.31. The summed E-state index contributed by atoms with van der Waals surface area (Å²) < 4.78 is 47.1. The molecule has 1 aliphatic rings. The van der Waals surface area contributed by atoms with Crippen molar-refractivity contribution < 1.29 is 26.4 Å². The van der Waals surface area contributed by atoms with Crippen LogP contribution < -0.4 is 20.9 Å². The number of primary sulfonamides is 2. The Balaban J connectivity index is 1.48. The number of amides is 3. The largest absolute Gasteiger partial charge is 0.353 e. The maximum absolute atomic E-state index is 13.0. The summed E-state index contributed by atoms with van der Waals surface area (Å²) in [6.45, 7) is 3.97. The molecular formula is C28H33N7O6S2. The van der Waals surface area contributed by atoms with E-state index in [0.717, 1.165) is 0 Å². The SMILES string of the molecule is CCC(=O)N1CCN(C(=N)c2cccc(NC(=O)Nc3ccc(S(N)(=O)=O)cc3Cc3ccc(S(N)(=O)=O)cc3)c2)CC1. The van der Waals surface area contributed by atoms with Crippen molar-refractivity contribution in [1.82, 2.24) is 9.80 Å². The normalized spacial score (nSPS) is 13.8. The van der Waals surface area contributed by atoms with E-state index in [9.17, 15) is 26.4 Å². The van der Waals surface area contributed by atoms with Crippen LogP contribution in [0.4, 0.5) is 16.2 Å². The number of piperazine rings is 1. The third-order valence-electron chi connectivity index (χ3n) is 6.94. The first-order valence-corrected chi connectivity index (χ1v) is 16.4. The fraction of sp³-hybridized carbons (Fsp3) is 0.250. The lowest BCUT2D eigenvalue weighted by atomic mass is 10.0. The highest BCUT2D eigenvalue weighted by molar-refractivity contribution is 7.89. The number of urea groups is 1. The quantitative estimate of drug-likeness (QED) is 0.185. The summed E-state index contributed by atoms with van der Waals surface area (Å²) in [5.41, 5.74) is 2.38. The zero-order valence-electron chi connectivity index (χ0n) is 23.4. The van der Waals surface area contributed by atoms with Gasteiger partial charge < -0.3 is 20.4 Å². The van der Waals surface area contributed by atoms with E-state index in [1.165, 1.54) is 42.5 Å². The molecule has 1 fully saturated rings. The number of sulfonamides is 2. The van der Waals surface area contributed by atoms with Crippen LogP contribution in [-0.2, 0) is 31.3 Å². The minimum atomic E-state index is -4.04. The van der Waals surface area contributed by atoms with Crippen molar-refractivity contribution in [2.24, 2.45) is 10.3 Å². The molecule has 4 rings (SSSR count). The number of nitrogens with two attached hydrogens (primary N) is 2. The molecule has 0 aromatic heterocycles. The van der Waals surface area contributed by atoms with Crippen LogP contribution in [-0.4, -0.2) is 70.6 Å². The van der Waals surface area contributed by atoms with Gasteiger partial charge in [0.05, 0.1) is 9.79 Å². The zero-order chi connectivity index (χ0) is 31.4. The van der Waals surface area contributed by atoms with Gasteiger partial charge in [0.1, 0.15) is 5.84 Å². The van der Waals surface area contributed by atoms with Gasteiger partial charge in [0.15, 0.2) is 0 Å². The van der Waals surface area contributed by atoms with Crippen molar-refractivity contribution in [1.29, 1.82) is 5.41 Å². The minimum absolute atomic E-state index is 0.0728. The van der Waals surface area contributed by atoms with Crippen LogP contribution in [0, 0.1) is 5.41 Å². The standard InChI is InChI=1S/C28H33N7O6S2/c1-2-26(36)34-12-14-35(15-13-34)27(29)20-4-3-5-22(17-20)32-28(37)33-25-11-10-24(43(31,40)41)18-21(25)16-19-6-8-23(9-7-19)42(30,38)39/h3-11,17-18,29H,2,12-16H2,1H3,(H2,30,38,39)(H2,31,40,41)(H2,32,33,37). The number of hydrogen-bond donors (Lipinski definition) is 5. The number of rotatable bonds is 8. The molecule has 15 heteroatoms.